The Morgan fingerprint density at radius 1 is 1.50 bits per heavy atom. The Morgan fingerprint density at radius 3 is 2.93 bits per heavy atom. The third-order valence-electron chi connectivity index (χ3n) is 2.53. The fourth-order valence-electron chi connectivity index (χ4n) is 1.41. The van der Waals surface area contributed by atoms with Crippen molar-refractivity contribution < 1.29 is 4.74 Å². The Balaban J connectivity index is 2.01. The van der Waals surface area contributed by atoms with Gasteiger partial charge >= 0.3 is 0 Å². The molecule has 1 fully saturated rings. The van der Waals surface area contributed by atoms with Gasteiger partial charge in [0.15, 0.2) is 0 Å². The molecule has 0 bridgehead atoms. The van der Waals surface area contributed by atoms with Crippen molar-refractivity contribution in [2.75, 3.05) is 24.7 Å². The van der Waals surface area contributed by atoms with Crippen molar-refractivity contribution in [2.24, 2.45) is 5.92 Å². The Bertz CT molecular complexity index is 321. The summed E-state index contributed by atoms with van der Waals surface area (Å²) in [4.78, 5) is 0. The van der Waals surface area contributed by atoms with Gasteiger partial charge in [0, 0.05) is 18.3 Å². The SMILES string of the molecule is COc1cc(NCC2CC2)ccc1N. The molecule has 1 aliphatic rings. The van der Waals surface area contributed by atoms with Crippen LogP contribution in [-0.2, 0) is 0 Å². The highest BCUT2D eigenvalue weighted by molar-refractivity contribution is 5.61. The van der Waals surface area contributed by atoms with Crippen molar-refractivity contribution in [3.05, 3.63) is 18.2 Å². The van der Waals surface area contributed by atoms with Crippen molar-refractivity contribution in [3.8, 4) is 5.75 Å². The average Bonchev–Trinajstić information content (AvgIpc) is 3.00. The fraction of sp³-hybridized carbons (Fsp3) is 0.455. The smallest absolute Gasteiger partial charge is 0.143 e. The molecule has 3 N–H and O–H groups in total. The van der Waals surface area contributed by atoms with Crippen LogP contribution < -0.4 is 15.8 Å². The maximum atomic E-state index is 5.72. The first kappa shape index (κ1) is 9.19. The highest BCUT2D eigenvalue weighted by atomic mass is 16.5. The second-order valence-corrected chi connectivity index (χ2v) is 3.78. The fourth-order valence-corrected chi connectivity index (χ4v) is 1.41. The van der Waals surface area contributed by atoms with E-state index >= 15 is 0 Å². The van der Waals surface area contributed by atoms with Gasteiger partial charge in [-0.05, 0) is 30.9 Å². The number of rotatable bonds is 4. The predicted octanol–water partition coefficient (Wildman–Crippen LogP) is 2.10. The molecule has 14 heavy (non-hydrogen) atoms. The molecule has 2 rings (SSSR count). The summed E-state index contributed by atoms with van der Waals surface area (Å²) < 4.78 is 5.14. The number of hydrogen-bond donors (Lipinski definition) is 2. The molecule has 0 aromatic heterocycles. The molecule has 0 unspecified atom stereocenters. The van der Waals surface area contributed by atoms with Crippen LogP contribution in [0, 0.1) is 5.92 Å². The van der Waals surface area contributed by atoms with Crippen molar-refractivity contribution in [2.45, 2.75) is 12.8 Å². The van der Waals surface area contributed by atoms with Gasteiger partial charge in [-0.15, -0.1) is 0 Å². The van der Waals surface area contributed by atoms with Crippen molar-refractivity contribution in [1.29, 1.82) is 0 Å². The highest BCUT2D eigenvalue weighted by Gasteiger charge is 2.20. The summed E-state index contributed by atoms with van der Waals surface area (Å²) in [5, 5.41) is 3.37. The first-order chi connectivity index (χ1) is 6.79. The molecule has 0 aliphatic heterocycles. The van der Waals surface area contributed by atoms with E-state index in [0.29, 0.717) is 5.69 Å². The molecule has 1 saturated carbocycles. The second-order valence-electron chi connectivity index (χ2n) is 3.78. The zero-order chi connectivity index (χ0) is 9.97. The van der Waals surface area contributed by atoms with Gasteiger partial charge in [0.25, 0.3) is 0 Å². The number of ether oxygens (including phenoxy) is 1. The number of benzene rings is 1. The normalized spacial score (nSPS) is 15.2. The molecule has 1 aliphatic carbocycles. The summed E-state index contributed by atoms with van der Waals surface area (Å²) in [5.41, 5.74) is 7.49. The number of nitrogens with two attached hydrogens (primary N) is 1. The Morgan fingerprint density at radius 2 is 2.29 bits per heavy atom. The summed E-state index contributed by atoms with van der Waals surface area (Å²) >= 11 is 0. The van der Waals surface area contributed by atoms with Crippen LogP contribution in [0.25, 0.3) is 0 Å². The molecule has 1 aromatic carbocycles. The topological polar surface area (TPSA) is 47.3 Å². The zero-order valence-corrected chi connectivity index (χ0v) is 8.42. The molecule has 0 radical (unpaired) electrons. The Labute approximate surface area is 84.3 Å². The molecule has 1 aromatic rings. The number of anilines is 2. The van der Waals surface area contributed by atoms with Crippen LogP contribution in [0.5, 0.6) is 5.75 Å². The van der Waals surface area contributed by atoms with Crippen LogP contribution in [0.2, 0.25) is 0 Å². The summed E-state index contributed by atoms with van der Waals surface area (Å²) in [5.74, 6) is 1.62. The number of nitrogens with one attached hydrogen (secondary N) is 1. The minimum atomic E-state index is 0.685. The lowest BCUT2D eigenvalue weighted by atomic mass is 10.2. The zero-order valence-electron chi connectivity index (χ0n) is 8.42. The minimum Gasteiger partial charge on any atom is -0.495 e. The molecule has 0 saturated heterocycles. The summed E-state index contributed by atoms with van der Waals surface area (Å²) in [7, 11) is 1.64. The van der Waals surface area contributed by atoms with Gasteiger partial charge in [-0.25, -0.2) is 0 Å². The van der Waals surface area contributed by atoms with E-state index in [1.807, 2.05) is 18.2 Å². The third-order valence-corrected chi connectivity index (χ3v) is 2.53. The van der Waals surface area contributed by atoms with Crippen molar-refractivity contribution in [3.63, 3.8) is 0 Å². The van der Waals surface area contributed by atoms with E-state index in [-0.39, 0.29) is 0 Å². The summed E-state index contributed by atoms with van der Waals surface area (Å²) in [6, 6.07) is 5.80. The van der Waals surface area contributed by atoms with E-state index in [2.05, 4.69) is 5.32 Å². The second kappa shape index (κ2) is 3.78. The van der Waals surface area contributed by atoms with E-state index in [9.17, 15) is 0 Å². The van der Waals surface area contributed by atoms with Gasteiger partial charge in [0.2, 0.25) is 0 Å². The van der Waals surface area contributed by atoms with Gasteiger partial charge in [0.05, 0.1) is 12.8 Å². The van der Waals surface area contributed by atoms with Crippen LogP contribution >= 0.6 is 0 Å². The first-order valence-electron chi connectivity index (χ1n) is 4.97. The highest BCUT2D eigenvalue weighted by Crippen LogP contribution is 2.30. The van der Waals surface area contributed by atoms with Crippen LogP contribution in [0.4, 0.5) is 11.4 Å². The largest absolute Gasteiger partial charge is 0.495 e. The van der Waals surface area contributed by atoms with E-state index in [1.165, 1.54) is 12.8 Å². The van der Waals surface area contributed by atoms with Crippen LogP contribution in [0.15, 0.2) is 18.2 Å². The quantitative estimate of drug-likeness (QED) is 0.718. The van der Waals surface area contributed by atoms with Crippen LogP contribution in [0.1, 0.15) is 12.8 Å². The van der Waals surface area contributed by atoms with Crippen LogP contribution in [-0.4, -0.2) is 13.7 Å². The molecule has 3 nitrogen and oxygen atoms in total. The molecule has 76 valence electrons. The van der Waals surface area contributed by atoms with Gasteiger partial charge in [0.1, 0.15) is 5.75 Å². The van der Waals surface area contributed by atoms with E-state index in [4.69, 9.17) is 10.5 Å². The number of hydrogen-bond acceptors (Lipinski definition) is 3. The molecule has 0 atom stereocenters. The third kappa shape index (κ3) is 2.10. The van der Waals surface area contributed by atoms with Gasteiger partial charge in [-0.3, -0.25) is 0 Å². The van der Waals surface area contributed by atoms with Crippen molar-refractivity contribution in [1.82, 2.24) is 0 Å². The Hall–Kier alpha value is -1.38. The lowest BCUT2D eigenvalue weighted by molar-refractivity contribution is 0.417. The lowest BCUT2D eigenvalue weighted by Crippen LogP contribution is -2.03. The molecular formula is C11H16N2O. The van der Waals surface area contributed by atoms with Gasteiger partial charge in [-0.1, -0.05) is 0 Å². The molecule has 0 spiro atoms. The van der Waals surface area contributed by atoms with E-state index in [1.54, 1.807) is 7.11 Å². The van der Waals surface area contributed by atoms with Gasteiger partial charge < -0.3 is 15.8 Å². The molecular weight excluding hydrogens is 176 g/mol. The molecule has 3 heteroatoms. The number of nitrogen functional groups attached to an aromatic ring is 1. The predicted molar refractivity (Wildman–Crippen MR) is 58.6 cm³/mol. The molecule has 0 amide bonds. The average molecular weight is 192 g/mol. The summed E-state index contributed by atoms with van der Waals surface area (Å²) in [6.07, 6.45) is 2.72. The monoisotopic (exact) mass is 192 g/mol. The summed E-state index contributed by atoms with van der Waals surface area (Å²) in [6.45, 7) is 1.06. The minimum absolute atomic E-state index is 0.685. The van der Waals surface area contributed by atoms with Crippen LogP contribution in [0.3, 0.4) is 0 Å². The van der Waals surface area contributed by atoms with E-state index in [0.717, 1.165) is 23.9 Å². The van der Waals surface area contributed by atoms with Crippen molar-refractivity contribution >= 4 is 11.4 Å². The standard InChI is InChI=1S/C11H16N2O/c1-14-11-6-9(4-5-10(11)12)13-7-8-2-3-8/h4-6,8,13H,2-3,7,12H2,1H3. The Kier molecular flexibility index (Phi) is 2.48. The van der Waals surface area contributed by atoms with Gasteiger partial charge in [-0.2, -0.15) is 0 Å². The maximum absolute atomic E-state index is 5.72. The number of methoxy groups -OCH3 is 1. The van der Waals surface area contributed by atoms with E-state index < -0.39 is 0 Å². The lowest BCUT2D eigenvalue weighted by Gasteiger charge is -2.09. The molecule has 0 heterocycles. The first-order valence-corrected chi connectivity index (χ1v) is 4.97. The maximum Gasteiger partial charge on any atom is 0.143 e.